The Morgan fingerprint density at radius 3 is 2.62 bits per heavy atom. The molecule has 1 heterocycles. The number of nitrogens with one attached hydrogen (secondary N) is 1. The van der Waals surface area contributed by atoms with Gasteiger partial charge in [-0.3, -0.25) is 9.59 Å². The van der Waals surface area contributed by atoms with E-state index in [1.54, 1.807) is 11.9 Å². The zero-order valence-electron chi connectivity index (χ0n) is 13.6. The molecule has 2 amide bonds. The first-order valence-electron chi connectivity index (χ1n) is 7.81. The predicted molar refractivity (Wildman–Crippen MR) is 96.9 cm³/mol. The van der Waals surface area contributed by atoms with Crippen molar-refractivity contribution in [2.75, 3.05) is 20.1 Å². The third-order valence-electron chi connectivity index (χ3n) is 4.44. The summed E-state index contributed by atoms with van der Waals surface area (Å²) in [4.78, 5) is 25.6. The van der Waals surface area contributed by atoms with Gasteiger partial charge < -0.3 is 16.0 Å². The number of likely N-dealkylation sites (tertiary alicyclic amines) is 1. The van der Waals surface area contributed by atoms with Crippen LogP contribution in [0.15, 0.2) is 42.5 Å². The Morgan fingerprint density at radius 2 is 2.00 bits per heavy atom. The molecule has 2 aromatic rings. The van der Waals surface area contributed by atoms with Crippen molar-refractivity contribution in [1.29, 1.82) is 0 Å². The number of amides is 2. The topological polar surface area (TPSA) is 75.4 Å². The van der Waals surface area contributed by atoms with Crippen LogP contribution in [0.1, 0.15) is 18.0 Å². The molecular weight excluding hydrogens is 326 g/mol. The number of carbonyl (C=O) groups excluding carboxylic acids is 2. The van der Waals surface area contributed by atoms with Crippen LogP contribution in [0.25, 0.3) is 10.8 Å². The SMILES string of the molecule is CN1CC(C(=O)NC(CN)c2ccc3ccccc3c2)CC1=O.Cl. The molecule has 0 radical (unpaired) electrons. The molecule has 0 spiro atoms. The molecule has 3 N–H and O–H groups in total. The van der Waals surface area contributed by atoms with E-state index in [2.05, 4.69) is 17.4 Å². The second-order valence-electron chi connectivity index (χ2n) is 6.08. The quantitative estimate of drug-likeness (QED) is 0.886. The van der Waals surface area contributed by atoms with Gasteiger partial charge in [-0.15, -0.1) is 12.4 Å². The van der Waals surface area contributed by atoms with Gasteiger partial charge in [0.15, 0.2) is 0 Å². The van der Waals surface area contributed by atoms with E-state index in [0.29, 0.717) is 13.1 Å². The van der Waals surface area contributed by atoms with Crippen LogP contribution in [0.5, 0.6) is 0 Å². The van der Waals surface area contributed by atoms with Crippen LogP contribution in [0, 0.1) is 5.92 Å². The van der Waals surface area contributed by atoms with Gasteiger partial charge in [-0.25, -0.2) is 0 Å². The Hall–Kier alpha value is -2.11. The van der Waals surface area contributed by atoms with Crippen LogP contribution in [0.2, 0.25) is 0 Å². The van der Waals surface area contributed by atoms with Gasteiger partial charge in [0.2, 0.25) is 11.8 Å². The lowest BCUT2D eigenvalue weighted by Crippen LogP contribution is -2.38. The molecule has 2 unspecified atom stereocenters. The van der Waals surface area contributed by atoms with E-state index in [1.165, 1.54) is 0 Å². The summed E-state index contributed by atoms with van der Waals surface area (Å²) in [6.07, 6.45) is 0.275. The van der Waals surface area contributed by atoms with Gasteiger partial charge in [-0.05, 0) is 22.4 Å². The van der Waals surface area contributed by atoms with Crippen LogP contribution >= 0.6 is 12.4 Å². The highest BCUT2D eigenvalue weighted by Crippen LogP contribution is 2.22. The predicted octanol–water partition coefficient (Wildman–Crippen LogP) is 1.86. The summed E-state index contributed by atoms with van der Waals surface area (Å²) in [5.41, 5.74) is 6.84. The zero-order valence-corrected chi connectivity index (χ0v) is 14.4. The summed E-state index contributed by atoms with van der Waals surface area (Å²) >= 11 is 0. The molecule has 0 bridgehead atoms. The van der Waals surface area contributed by atoms with E-state index in [9.17, 15) is 9.59 Å². The van der Waals surface area contributed by atoms with Crippen molar-refractivity contribution in [2.24, 2.45) is 11.7 Å². The number of hydrogen-bond donors (Lipinski definition) is 2. The second kappa shape index (κ2) is 7.64. The maximum absolute atomic E-state index is 12.4. The fourth-order valence-electron chi connectivity index (χ4n) is 3.03. The lowest BCUT2D eigenvalue weighted by atomic mass is 10.0. The lowest BCUT2D eigenvalue weighted by Gasteiger charge is -2.20. The van der Waals surface area contributed by atoms with Crippen molar-refractivity contribution in [3.8, 4) is 0 Å². The minimum absolute atomic E-state index is 0. The highest BCUT2D eigenvalue weighted by atomic mass is 35.5. The van der Waals surface area contributed by atoms with Gasteiger partial charge in [0, 0.05) is 26.6 Å². The average Bonchev–Trinajstić information content (AvgIpc) is 2.91. The monoisotopic (exact) mass is 347 g/mol. The number of halogens is 1. The number of nitrogens with zero attached hydrogens (tertiary/aromatic N) is 1. The summed E-state index contributed by atoms with van der Waals surface area (Å²) in [7, 11) is 1.72. The Morgan fingerprint density at radius 1 is 1.29 bits per heavy atom. The standard InChI is InChI=1S/C18H21N3O2.ClH/c1-21-11-15(9-17(21)22)18(23)20-16(10-19)14-7-6-12-4-2-3-5-13(12)8-14;/h2-8,15-16H,9-11,19H2,1H3,(H,20,23);1H. The molecular formula is C18H22ClN3O2. The second-order valence-corrected chi connectivity index (χ2v) is 6.08. The van der Waals surface area contributed by atoms with Crippen molar-refractivity contribution in [2.45, 2.75) is 12.5 Å². The van der Waals surface area contributed by atoms with E-state index in [4.69, 9.17) is 5.73 Å². The highest BCUT2D eigenvalue weighted by molar-refractivity contribution is 5.89. The van der Waals surface area contributed by atoms with Gasteiger partial charge >= 0.3 is 0 Å². The molecule has 1 fully saturated rings. The summed E-state index contributed by atoms with van der Waals surface area (Å²) in [5.74, 6) is -0.381. The fraction of sp³-hybridized carbons (Fsp3) is 0.333. The Kier molecular flexibility index (Phi) is 5.80. The van der Waals surface area contributed by atoms with E-state index in [-0.39, 0.29) is 42.6 Å². The third-order valence-corrected chi connectivity index (χ3v) is 4.44. The van der Waals surface area contributed by atoms with E-state index >= 15 is 0 Å². The maximum Gasteiger partial charge on any atom is 0.225 e. The molecule has 0 aromatic heterocycles. The van der Waals surface area contributed by atoms with E-state index in [0.717, 1.165) is 16.3 Å². The van der Waals surface area contributed by atoms with Gasteiger partial charge in [-0.1, -0.05) is 36.4 Å². The van der Waals surface area contributed by atoms with Gasteiger partial charge in [0.1, 0.15) is 0 Å². The molecule has 128 valence electrons. The molecule has 1 aliphatic rings. The first kappa shape index (κ1) is 18.2. The molecule has 1 saturated heterocycles. The zero-order chi connectivity index (χ0) is 16.4. The Labute approximate surface area is 147 Å². The molecule has 2 aromatic carbocycles. The molecule has 0 aliphatic carbocycles. The van der Waals surface area contributed by atoms with Crippen LogP contribution in [-0.4, -0.2) is 36.9 Å². The van der Waals surface area contributed by atoms with Gasteiger partial charge in [-0.2, -0.15) is 0 Å². The largest absolute Gasteiger partial charge is 0.348 e. The minimum atomic E-state index is -0.290. The third kappa shape index (κ3) is 3.68. The Balaban J connectivity index is 0.00000208. The van der Waals surface area contributed by atoms with Crippen LogP contribution in [0.3, 0.4) is 0 Å². The van der Waals surface area contributed by atoms with Gasteiger partial charge in [0.05, 0.1) is 12.0 Å². The Bertz CT molecular complexity index is 750. The molecule has 6 heteroatoms. The van der Waals surface area contributed by atoms with Crippen molar-refractivity contribution in [1.82, 2.24) is 10.2 Å². The number of fused-ring (bicyclic) bond motifs is 1. The number of carbonyl (C=O) groups is 2. The molecule has 24 heavy (non-hydrogen) atoms. The summed E-state index contributed by atoms with van der Waals surface area (Å²) in [6, 6.07) is 13.9. The number of rotatable bonds is 4. The van der Waals surface area contributed by atoms with Crippen LogP contribution in [-0.2, 0) is 9.59 Å². The molecule has 3 rings (SSSR count). The summed E-state index contributed by atoms with van der Waals surface area (Å²) in [5, 5.41) is 5.26. The average molecular weight is 348 g/mol. The molecule has 1 aliphatic heterocycles. The first-order chi connectivity index (χ1) is 11.1. The van der Waals surface area contributed by atoms with Crippen LogP contribution < -0.4 is 11.1 Å². The normalized spacial score (nSPS) is 18.3. The number of nitrogens with two attached hydrogens (primary N) is 1. The molecule has 2 atom stereocenters. The molecule has 0 saturated carbocycles. The van der Waals surface area contributed by atoms with E-state index in [1.807, 2.05) is 30.3 Å². The first-order valence-corrected chi connectivity index (χ1v) is 7.81. The maximum atomic E-state index is 12.4. The van der Waals surface area contributed by atoms with Crippen molar-refractivity contribution in [3.63, 3.8) is 0 Å². The highest BCUT2D eigenvalue weighted by Gasteiger charge is 2.32. The van der Waals surface area contributed by atoms with Crippen molar-refractivity contribution < 1.29 is 9.59 Å². The van der Waals surface area contributed by atoms with Crippen molar-refractivity contribution in [3.05, 3.63) is 48.0 Å². The van der Waals surface area contributed by atoms with Crippen LogP contribution in [0.4, 0.5) is 0 Å². The minimum Gasteiger partial charge on any atom is -0.348 e. The lowest BCUT2D eigenvalue weighted by molar-refractivity contribution is -0.128. The van der Waals surface area contributed by atoms with E-state index < -0.39 is 0 Å². The number of benzene rings is 2. The smallest absolute Gasteiger partial charge is 0.225 e. The molecule has 5 nitrogen and oxygen atoms in total. The summed E-state index contributed by atoms with van der Waals surface area (Å²) in [6.45, 7) is 0.792. The van der Waals surface area contributed by atoms with Crippen molar-refractivity contribution >= 4 is 35.0 Å². The summed E-state index contributed by atoms with van der Waals surface area (Å²) < 4.78 is 0. The van der Waals surface area contributed by atoms with Gasteiger partial charge in [0.25, 0.3) is 0 Å². The number of hydrogen-bond acceptors (Lipinski definition) is 3. The fourth-order valence-corrected chi connectivity index (χ4v) is 3.03.